The third kappa shape index (κ3) is 6.24. The molecule has 0 spiro atoms. The number of carbonyl (C=O) groups is 1. The van der Waals surface area contributed by atoms with Crippen LogP contribution in [-0.2, 0) is 20.9 Å². The van der Waals surface area contributed by atoms with E-state index in [0.717, 1.165) is 5.56 Å². The Labute approximate surface area is 106 Å². The monoisotopic (exact) mass is 257 g/mol. The van der Waals surface area contributed by atoms with E-state index < -0.39 is 0 Å². The fourth-order valence-electron chi connectivity index (χ4n) is 1.19. The van der Waals surface area contributed by atoms with Gasteiger partial charge in [-0.3, -0.25) is 4.79 Å². The highest BCUT2D eigenvalue weighted by Gasteiger charge is 2.03. The Bertz CT molecular complexity index is 340. The molecule has 0 radical (unpaired) electrons. The van der Waals surface area contributed by atoms with Crippen molar-refractivity contribution in [1.29, 1.82) is 0 Å². The summed E-state index contributed by atoms with van der Waals surface area (Å²) in [6, 6.07) is 3.45. The SMILES string of the molecule is CCOCCCC(=O)OCc1ccc(Cl)nc1. The summed E-state index contributed by atoms with van der Waals surface area (Å²) in [5.41, 5.74) is 0.826. The lowest BCUT2D eigenvalue weighted by atomic mass is 10.3. The van der Waals surface area contributed by atoms with E-state index in [1.165, 1.54) is 0 Å². The van der Waals surface area contributed by atoms with Gasteiger partial charge in [-0.25, -0.2) is 4.98 Å². The van der Waals surface area contributed by atoms with Gasteiger partial charge in [0.1, 0.15) is 11.8 Å². The maximum Gasteiger partial charge on any atom is 0.306 e. The summed E-state index contributed by atoms with van der Waals surface area (Å²) >= 11 is 5.64. The van der Waals surface area contributed by atoms with Crippen LogP contribution in [0.4, 0.5) is 0 Å². The first-order valence-electron chi connectivity index (χ1n) is 5.56. The molecule has 0 N–H and O–H groups in total. The molecule has 17 heavy (non-hydrogen) atoms. The van der Waals surface area contributed by atoms with Gasteiger partial charge in [-0.1, -0.05) is 17.7 Å². The van der Waals surface area contributed by atoms with E-state index in [-0.39, 0.29) is 12.6 Å². The summed E-state index contributed by atoms with van der Waals surface area (Å²) in [6.07, 6.45) is 2.66. The molecule has 0 aliphatic carbocycles. The molecule has 0 saturated carbocycles. The van der Waals surface area contributed by atoms with Crippen LogP contribution in [-0.4, -0.2) is 24.2 Å². The van der Waals surface area contributed by atoms with Crippen LogP contribution in [0.3, 0.4) is 0 Å². The summed E-state index contributed by atoms with van der Waals surface area (Å²) in [5.74, 6) is -0.223. The molecule has 0 atom stereocenters. The number of hydrogen-bond donors (Lipinski definition) is 0. The lowest BCUT2D eigenvalue weighted by molar-refractivity contribution is -0.145. The average Bonchev–Trinajstić information content (AvgIpc) is 2.34. The number of rotatable bonds is 7. The molecule has 0 fully saturated rings. The smallest absolute Gasteiger partial charge is 0.306 e. The van der Waals surface area contributed by atoms with Crippen molar-refractivity contribution in [2.45, 2.75) is 26.4 Å². The van der Waals surface area contributed by atoms with E-state index in [4.69, 9.17) is 21.1 Å². The second kappa shape index (κ2) is 8.03. The third-order valence-corrected chi connectivity index (χ3v) is 2.29. The van der Waals surface area contributed by atoms with Crippen LogP contribution < -0.4 is 0 Å². The number of esters is 1. The van der Waals surface area contributed by atoms with Crippen LogP contribution in [0, 0.1) is 0 Å². The zero-order valence-electron chi connectivity index (χ0n) is 9.82. The van der Waals surface area contributed by atoms with Crippen LogP contribution in [0.5, 0.6) is 0 Å². The first kappa shape index (κ1) is 13.9. The van der Waals surface area contributed by atoms with E-state index in [0.29, 0.717) is 31.2 Å². The minimum absolute atomic E-state index is 0.223. The van der Waals surface area contributed by atoms with Crippen molar-refractivity contribution in [2.75, 3.05) is 13.2 Å². The number of pyridine rings is 1. The quantitative estimate of drug-likeness (QED) is 0.428. The molecule has 1 aromatic rings. The van der Waals surface area contributed by atoms with Crippen molar-refractivity contribution in [2.24, 2.45) is 0 Å². The number of carbonyl (C=O) groups excluding carboxylic acids is 1. The van der Waals surface area contributed by atoms with Gasteiger partial charge in [0.25, 0.3) is 0 Å². The molecule has 0 unspecified atom stereocenters. The summed E-state index contributed by atoms with van der Waals surface area (Å²) in [6.45, 7) is 3.42. The Morgan fingerprint density at radius 2 is 2.29 bits per heavy atom. The first-order chi connectivity index (χ1) is 8.22. The largest absolute Gasteiger partial charge is 0.461 e. The van der Waals surface area contributed by atoms with Crippen molar-refractivity contribution in [3.05, 3.63) is 29.0 Å². The summed E-state index contributed by atoms with van der Waals surface area (Å²) < 4.78 is 10.2. The molecule has 0 aliphatic heterocycles. The van der Waals surface area contributed by atoms with Crippen molar-refractivity contribution in [3.63, 3.8) is 0 Å². The van der Waals surface area contributed by atoms with Crippen molar-refractivity contribution in [1.82, 2.24) is 4.98 Å². The number of halogens is 1. The summed E-state index contributed by atoms with van der Waals surface area (Å²) in [7, 11) is 0. The average molecular weight is 258 g/mol. The van der Waals surface area contributed by atoms with Gasteiger partial charge in [0.05, 0.1) is 0 Å². The minimum atomic E-state index is -0.223. The van der Waals surface area contributed by atoms with Crippen molar-refractivity contribution < 1.29 is 14.3 Å². The van der Waals surface area contributed by atoms with Crippen LogP contribution in [0.2, 0.25) is 5.15 Å². The highest BCUT2D eigenvalue weighted by atomic mass is 35.5. The van der Waals surface area contributed by atoms with Gasteiger partial charge in [-0.2, -0.15) is 0 Å². The fraction of sp³-hybridized carbons (Fsp3) is 0.500. The number of ether oxygens (including phenoxy) is 2. The summed E-state index contributed by atoms with van der Waals surface area (Å²) in [5, 5.41) is 0.428. The first-order valence-corrected chi connectivity index (χ1v) is 5.94. The number of hydrogen-bond acceptors (Lipinski definition) is 4. The highest BCUT2D eigenvalue weighted by Crippen LogP contribution is 2.07. The molecule has 1 heterocycles. The van der Waals surface area contributed by atoms with E-state index >= 15 is 0 Å². The van der Waals surface area contributed by atoms with E-state index in [1.807, 2.05) is 6.92 Å². The normalized spacial score (nSPS) is 10.2. The second-order valence-electron chi connectivity index (χ2n) is 3.45. The Kier molecular flexibility index (Phi) is 6.58. The van der Waals surface area contributed by atoms with Gasteiger partial charge < -0.3 is 9.47 Å². The van der Waals surface area contributed by atoms with Gasteiger partial charge in [-0.15, -0.1) is 0 Å². The molecule has 0 aliphatic rings. The van der Waals surface area contributed by atoms with Gasteiger partial charge in [0.15, 0.2) is 0 Å². The predicted molar refractivity (Wildman–Crippen MR) is 64.8 cm³/mol. The molecule has 0 saturated heterocycles. The maximum atomic E-state index is 11.3. The standard InChI is InChI=1S/C12H16ClNO3/c1-2-16-7-3-4-12(15)17-9-10-5-6-11(13)14-8-10/h5-6,8H,2-4,7,9H2,1H3. The molecule has 1 rings (SSSR count). The van der Waals surface area contributed by atoms with E-state index in [2.05, 4.69) is 4.98 Å². The highest BCUT2D eigenvalue weighted by molar-refractivity contribution is 6.29. The molecule has 1 aromatic heterocycles. The molecule has 4 nitrogen and oxygen atoms in total. The molecular formula is C12H16ClNO3. The Hall–Kier alpha value is -1.13. The molecule has 0 amide bonds. The van der Waals surface area contributed by atoms with Gasteiger partial charge in [-0.05, 0) is 19.4 Å². The molecule has 0 aromatic carbocycles. The number of aromatic nitrogens is 1. The van der Waals surface area contributed by atoms with Crippen molar-refractivity contribution >= 4 is 17.6 Å². The third-order valence-electron chi connectivity index (χ3n) is 2.06. The predicted octanol–water partition coefficient (Wildman–Crippen LogP) is 2.59. The molecule has 94 valence electrons. The Morgan fingerprint density at radius 3 is 2.94 bits per heavy atom. The Morgan fingerprint density at radius 1 is 1.47 bits per heavy atom. The number of nitrogens with zero attached hydrogens (tertiary/aromatic N) is 1. The van der Waals surface area contributed by atoms with Crippen LogP contribution in [0.15, 0.2) is 18.3 Å². The zero-order chi connectivity index (χ0) is 12.5. The van der Waals surface area contributed by atoms with Gasteiger partial charge in [0, 0.05) is 31.4 Å². The lowest BCUT2D eigenvalue weighted by Crippen LogP contribution is -2.06. The maximum absolute atomic E-state index is 11.3. The molecule has 5 heteroatoms. The van der Waals surface area contributed by atoms with E-state index in [1.54, 1.807) is 18.3 Å². The Balaban J connectivity index is 2.17. The van der Waals surface area contributed by atoms with Crippen LogP contribution in [0.1, 0.15) is 25.3 Å². The van der Waals surface area contributed by atoms with Crippen LogP contribution in [0.25, 0.3) is 0 Å². The van der Waals surface area contributed by atoms with E-state index in [9.17, 15) is 4.79 Å². The lowest BCUT2D eigenvalue weighted by Gasteiger charge is -2.04. The second-order valence-corrected chi connectivity index (χ2v) is 3.84. The molecule has 0 bridgehead atoms. The summed E-state index contributed by atoms with van der Waals surface area (Å²) in [4.78, 5) is 15.2. The minimum Gasteiger partial charge on any atom is -0.461 e. The molecular weight excluding hydrogens is 242 g/mol. The zero-order valence-corrected chi connectivity index (χ0v) is 10.6. The van der Waals surface area contributed by atoms with Crippen molar-refractivity contribution in [3.8, 4) is 0 Å². The van der Waals surface area contributed by atoms with Gasteiger partial charge >= 0.3 is 5.97 Å². The fourth-order valence-corrected chi connectivity index (χ4v) is 1.30. The topological polar surface area (TPSA) is 48.4 Å². The van der Waals surface area contributed by atoms with Gasteiger partial charge in [0.2, 0.25) is 0 Å². The van der Waals surface area contributed by atoms with Crippen LogP contribution >= 0.6 is 11.6 Å².